The first kappa shape index (κ1) is 26.0. The van der Waals surface area contributed by atoms with E-state index in [2.05, 4.69) is 53.9 Å². The fraction of sp³-hybridized carbons (Fsp3) is 0.276. The number of likely N-dealkylation sites (N-methyl/N-ethyl adjacent to an activating group) is 1. The van der Waals surface area contributed by atoms with Crippen molar-refractivity contribution in [2.45, 2.75) is 24.7 Å². The van der Waals surface area contributed by atoms with Crippen molar-refractivity contribution in [2.24, 2.45) is 0 Å². The van der Waals surface area contributed by atoms with Crippen LogP contribution in [0.25, 0.3) is 33.9 Å². The third-order valence-corrected chi connectivity index (χ3v) is 8.47. The minimum absolute atomic E-state index is 0.128. The second-order valence-corrected chi connectivity index (χ2v) is 12.1. The predicted molar refractivity (Wildman–Crippen MR) is 156 cm³/mol. The fourth-order valence-electron chi connectivity index (χ4n) is 4.66. The molecular formula is C29H31N7O3S. The van der Waals surface area contributed by atoms with Gasteiger partial charge in [0.25, 0.3) is 10.0 Å². The number of anilines is 2. The molecule has 1 aliphatic rings. The van der Waals surface area contributed by atoms with Crippen LogP contribution in [0.4, 0.5) is 11.4 Å². The molecule has 1 fully saturated rings. The van der Waals surface area contributed by atoms with Crippen molar-refractivity contribution in [3.63, 3.8) is 0 Å². The van der Waals surface area contributed by atoms with Crippen LogP contribution in [0.1, 0.15) is 25.7 Å². The molecule has 3 aromatic carbocycles. The second-order valence-electron chi connectivity index (χ2n) is 10.4. The molecule has 2 aromatic heterocycles. The maximum Gasteiger partial charge on any atom is 0.261 e. The summed E-state index contributed by atoms with van der Waals surface area (Å²) in [6.45, 7) is 8.07. The predicted octanol–water partition coefficient (Wildman–Crippen LogP) is 4.96. The van der Waals surface area contributed by atoms with E-state index in [9.17, 15) is 8.42 Å². The van der Waals surface area contributed by atoms with Crippen LogP contribution >= 0.6 is 0 Å². The molecule has 0 spiro atoms. The molecule has 0 atom stereocenters. The van der Waals surface area contributed by atoms with Gasteiger partial charge in [0, 0.05) is 54.6 Å². The van der Waals surface area contributed by atoms with E-state index in [1.807, 2.05) is 26.0 Å². The van der Waals surface area contributed by atoms with E-state index in [-0.39, 0.29) is 10.8 Å². The summed E-state index contributed by atoms with van der Waals surface area (Å²) < 4.78 is 34.6. The number of H-pyrrole nitrogens is 1. The highest BCUT2D eigenvalue weighted by molar-refractivity contribution is 7.92. The summed E-state index contributed by atoms with van der Waals surface area (Å²) in [4.78, 5) is 12.8. The summed E-state index contributed by atoms with van der Waals surface area (Å²) in [7, 11) is -1.69. The molecule has 0 unspecified atom stereocenters. The Bertz CT molecular complexity index is 1730. The topological polar surface area (TPSA) is 120 Å². The van der Waals surface area contributed by atoms with Crippen molar-refractivity contribution in [3.8, 4) is 22.8 Å². The lowest BCUT2D eigenvalue weighted by Gasteiger charge is -2.34. The maximum atomic E-state index is 13.2. The highest BCUT2D eigenvalue weighted by atomic mass is 32.2. The number of aromatic amines is 1. The van der Waals surface area contributed by atoms with Crippen molar-refractivity contribution in [3.05, 3.63) is 72.6 Å². The molecule has 11 heteroatoms. The lowest BCUT2D eigenvalue weighted by atomic mass is 10.1. The number of hydrogen-bond donors (Lipinski definition) is 2. The smallest absolute Gasteiger partial charge is 0.261 e. The number of hydrogen-bond acceptors (Lipinski definition) is 8. The third kappa shape index (κ3) is 5.30. The fourth-order valence-corrected chi connectivity index (χ4v) is 5.74. The number of imidazole rings is 1. The Kier molecular flexibility index (Phi) is 6.77. The first-order chi connectivity index (χ1) is 19.2. The molecule has 206 valence electrons. The SMILES string of the molecule is CC(C)c1nnc(-c2ccc(NS(=O)(=O)c3ccc4[nH]c(-c5ccc(N6CCN(C)CC6)cc5)nc4c3)cc2)o1. The minimum atomic E-state index is -3.83. The van der Waals surface area contributed by atoms with Crippen molar-refractivity contribution >= 4 is 32.4 Å². The van der Waals surface area contributed by atoms with E-state index >= 15 is 0 Å². The Morgan fingerprint density at radius 1 is 0.900 bits per heavy atom. The molecule has 6 rings (SSSR count). The van der Waals surface area contributed by atoms with Crippen LogP contribution in [0.5, 0.6) is 0 Å². The average Bonchev–Trinajstić information content (AvgIpc) is 3.62. The van der Waals surface area contributed by atoms with Crippen LogP contribution in [0, 0.1) is 0 Å². The zero-order valence-corrected chi connectivity index (χ0v) is 23.4. The molecule has 3 heterocycles. The first-order valence-electron chi connectivity index (χ1n) is 13.3. The van der Waals surface area contributed by atoms with E-state index in [1.165, 1.54) is 5.69 Å². The molecule has 0 aliphatic carbocycles. The molecular weight excluding hydrogens is 526 g/mol. The molecule has 40 heavy (non-hydrogen) atoms. The Hall–Kier alpha value is -4.22. The van der Waals surface area contributed by atoms with Gasteiger partial charge < -0.3 is 19.2 Å². The van der Waals surface area contributed by atoms with E-state index in [1.54, 1.807) is 42.5 Å². The Labute approximate surface area is 233 Å². The highest BCUT2D eigenvalue weighted by Crippen LogP contribution is 2.27. The largest absolute Gasteiger partial charge is 0.420 e. The number of benzene rings is 3. The van der Waals surface area contributed by atoms with E-state index < -0.39 is 10.0 Å². The summed E-state index contributed by atoms with van der Waals surface area (Å²) in [6, 6.07) is 20.0. The minimum Gasteiger partial charge on any atom is -0.420 e. The van der Waals surface area contributed by atoms with Gasteiger partial charge >= 0.3 is 0 Å². The summed E-state index contributed by atoms with van der Waals surface area (Å²) in [5.41, 5.74) is 4.62. The number of nitrogens with zero attached hydrogens (tertiary/aromatic N) is 5. The first-order valence-corrected chi connectivity index (χ1v) is 14.7. The molecule has 5 aromatic rings. The molecule has 1 saturated heterocycles. The number of fused-ring (bicyclic) bond motifs is 1. The quantitative estimate of drug-likeness (QED) is 0.288. The van der Waals surface area contributed by atoms with Crippen molar-refractivity contribution in [1.82, 2.24) is 25.1 Å². The molecule has 1 aliphatic heterocycles. The molecule has 10 nitrogen and oxygen atoms in total. The Morgan fingerprint density at radius 3 is 2.27 bits per heavy atom. The Morgan fingerprint density at radius 2 is 1.60 bits per heavy atom. The normalized spacial score (nSPS) is 14.8. The average molecular weight is 558 g/mol. The zero-order chi connectivity index (χ0) is 27.9. The lowest BCUT2D eigenvalue weighted by Crippen LogP contribution is -2.44. The van der Waals surface area contributed by atoms with Crippen molar-refractivity contribution < 1.29 is 12.8 Å². The number of nitrogens with one attached hydrogen (secondary N) is 2. The summed E-state index contributed by atoms with van der Waals surface area (Å²) in [5.74, 6) is 1.77. The number of sulfonamides is 1. The molecule has 2 N–H and O–H groups in total. The van der Waals surface area contributed by atoms with E-state index in [0.29, 0.717) is 34.4 Å². The van der Waals surface area contributed by atoms with Gasteiger partial charge in [0.15, 0.2) is 0 Å². The van der Waals surface area contributed by atoms with Crippen molar-refractivity contribution in [1.29, 1.82) is 0 Å². The van der Waals surface area contributed by atoms with E-state index in [4.69, 9.17) is 4.42 Å². The van der Waals surface area contributed by atoms with Crippen molar-refractivity contribution in [2.75, 3.05) is 42.8 Å². The second kappa shape index (κ2) is 10.4. The number of aromatic nitrogens is 4. The monoisotopic (exact) mass is 557 g/mol. The van der Waals surface area contributed by atoms with Crippen LogP contribution in [-0.4, -0.2) is 66.7 Å². The van der Waals surface area contributed by atoms with Gasteiger partial charge in [-0.3, -0.25) is 4.72 Å². The van der Waals surface area contributed by atoms with Gasteiger partial charge in [0.2, 0.25) is 11.8 Å². The van der Waals surface area contributed by atoms with Crippen LogP contribution in [-0.2, 0) is 10.0 Å². The summed E-state index contributed by atoms with van der Waals surface area (Å²) >= 11 is 0. The van der Waals surface area contributed by atoms with Gasteiger partial charge in [0.1, 0.15) is 5.82 Å². The molecule has 0 amide bonds. The molecule has 0 saturated carbocycles. The summed E-state index contributed by atoms with van der Waals surface area (Å²) in [6.07, 6.45) is 0. The van der Waals surface area contributed by atoms with Gasteiger partial charge in [0.05, 0.1) is 15.9 Å². The Balaban J connectivity index is 1.17. The highest BCUT2D eigenvalue weighted by Gasteiger charge is 2.18. The lowest BCUT2D eigenvalue weighted by molar-refractivity contribution is 0.313. The van der Waals surface area contributed by atoms with Gasteiger partial charge in [-0.1, -0.05) is 13.8 Å². The van der Waals surface area contributed by atoms with Gasteiger partial charge in [-0.05, 0) is 73.8 Å². The van der Waals surface area contributed by atoms with Gasteiger partial charge in [-0.2, -0.15) is 0 Å². The number of piperazine rings is 1. The molecule has 0 radical (unpaired) electrons. The number of rotatable bonds is 7. The maximum absolute atomic E-state index is 13.2. The van der Waals surface area contributed by atoms with Crippen LogP contribution < -0.4 is 9.62 Å². The standard InChI is InChI=1S/C29H31N7O3S/c1-19(2)28-32-33-29(39-28)21-4-8-22(9-5-21)34-40(37,38)24-12-13-25-26(18-24)31-27(30-25)20-6-10-23(11-7-20)36-16-14-35(3)15-17-36/h4-13,18-19,34H,14-17H2,1-3H3,(H,30,31). The third-order valence-electron chi connectivity index (χ3n) is 7.09. The molecule has 0 bridgehead atoms. The van der Waals surface area contributed by atoms with Crippen LogP contribution in [0.15, 0.2) is 76.0 Å². The van der Waals surface area contributed by atoms with Crippen LogP contribution in [0.2, 0.25) is 0 Å². The van der Waals surface area contributed by atoms with Gasteiger partial charge in [-0.15, -0.1) is 10.2 Å². The summed E-state index contributed by atoms with van der Waals surface area (Å²) in [5, 5.41) is 8.12. The van der Waals surface area contributed by atoms with Crippen LogP contribution in [0.3, 0.4) is 0 Å². The zero-order valence-electron chi connectivity index (χ0n) is 22.6. The van der Waals surface area contributed by atoms with Gasteiger partial charge in [-0.25, -0.2) is 13.4 Å². The van der Waals surface area contributed by atoms with E-state index in [0.717, 1.165) is 37.3 Å².